The highest BCUT2D eigenvalue weighted by molar-refractivity contribution is 6.36. The molecule has 0 aliphatic carbocycles. The van der Waals surface area contributed by atoms with Crippen LogP contribution in [0.1, 0.15) is 39.1 Å². The summed E-state index contributed by atoms with van der Waals surface area (Å²) in [5.41, 5.74) is 1.96. The number of rotatable bonds is 7. The molecule has 1 saturated heterocycles. The van der Waals surface area contributed by atoms with Crippen LogP contribution in [0.5, 0.6) is 0 Å². The van der Waals surface area contributed by atoms with E-state index in [1.54, 1.807) is 30.6 Å². The molecule has 0 saturated carbocycles. The van der Waals surface area contributed by atoms with Crippen molar-refractivity contribution < 1.29 is 19.4 Å². The first-order valence-corrected chi connectivity index (χ1v) is 11.8. The van der Waals surface area contributed by atoms with Gasteiger partial charge in [-0.25, -0.2) is 9.97 Å². The van der Waals surface area contributed by atoms with Crippen LogP contribution in [-0.4, -0.2) is 62.1 Å². The fourth-order valence-corrected chi connectivity index (χ4v) is 4.40. The molecule has 4 N–H and O–H groups in total. The number of H-pyrrole nitrogens is 1. The first kappa shape index (κ1) is 23.9. The number of aromatic nitrogens is 4. The Morgan fingerprint density at radius 3 is 2.81 bits per heavy atom. The number of carbonyl (C=O) groups is 2. The Morgan fingerprint density at radius 1 is 1.19 bits per heavy atom. The first-order valence-electron chi connectivity index (χ1n) is 11.4. The van der Waals surface area contributed by atoms with Crippen molar-refractivity contribution in [2.24, 2.45) is 0 Å². The van der Waals surface area contributed by atoms with E-state index in [-0.39, 0.29) is 41.0 Å². The van der Waals surface area contributed by atoms with Gasteiger partial charge in [-0.15, -0.1) is 0 Å². The number of fused-ring (bicyclic) bond motifs is 1. The number of hydrogen-bond acceptors (Lipinski definition) is 8. The number of benzene rings is 1. The SMILES string of the molecule is O=C(Nc1cccnc1)c1ccc(C(=O)c2c[nH]c3ncnc(N[C@@H]4CC[C@H](CO)OC4)c23)c(Cl)c1. The summed E-state index contributed by atoms with van der Waals surface area (Å²) >= 11 is 6.46. The maximum atomic E-state index is 13.5. The lowest BCUT2D eigenvalue weighted by Crippen LogP contribution is -2.36. The minimum atomic E-state index is -0.367. The molecule has 1 fully saturated rings. The van der Waals surface area contributed by atoms with Crippen molar-refractivity contribution in [1.82, 2.24) is 19.9 Å². The predicted octanol–water partition coefficient (Wildman–Crippen LogP) is 3.44. The van der Waals surface area contributed by atoms with Gasteiger partial charge < -0.3 is 25.5 Å². The van der Waals surface area contributed by atoms with Crippen molar-refractivity contribution in [3.05, 3.63) is 77.0 Å². The van der Waals surface area contributed by atoms with Crippen LogP contribution in [-0.2, 0) is 4.74 Å². The van der Waals surface area contributed by atoms with Crippen LogP contribution >= 0.6 is 11.6 Å². The lowest BCUT2D eigenvalue weighted by molar-refractivity contribution is -0.0224. The maximum absolute atomic E-state index is 13.5. The molecule has 0 spiro atoms. The maximum Gasteiger partial charge on any atom is 0.255 e. The lowest BCUT2D eigenvalue weighted by atomic mass is 10.0. The summed E-state index contributed by atoms with van der Waals surface area (Å²) in [5.74, 6) is -0.193. The summed E-state index contributed by atoms with van der Waals surface area (Å²) in [7, 11) is 0. The third-order valence-corrected chi connectivity index (χ3v) is 6.34. The van der Waals surface area contributed by atoms with Crippen LogP contribution in [0.15, 0.2) is 55.2 Å². The number of nitrogens with zero attached hydrogens (tertiary/aromatic N) is 3. The molecule has 11 heteroatoms. The standard InChI is InChI=1S/C25H23ClN6O4/c26-20-8-14(25(35)32-15-2-1-7-27-9-15)3-6-18(20)22(34)19-10-28-23-21(19)24(30-13-29-23)31-16-4-5-17(11-33)36-12-16/h1-3,6-10,13,16-17,33H,4-5,11-12H2,(H,32,35)(H2,28,29,30,31)/t16-,17-/m1/s1. The van der Waals surface area contributed by atoms with E-state index < -0.39 is 0 Å². The van der Waals surface area contributed by atoms with Gasteiger partial charge in [0.1, 0.15) is 17.8 Å². The zero-order valence-corrected chi connectivity index (χ0v) is 19.8. The Kier molecular flexibility index (Phi) is 6.90. The Balaban J connectivity index is 1.38. The number of carbonyl (C=O) groups excluding carboxylic acids is 2. The van der Waals surface area contributed by atoms with Gasteiger partial charge in [-0.1, -0.05) is 11.6 Å². The van der Waals surface area contributed by atoms with Crippen LogP contribution in [0.3, 0.4) is 0 Å². The molecule has 5 rings (SSSR count). The van der Waals surface area contributed by atoms with Crippen LogP contribution < -0.4 is 10.6 Å². The highest BCUT2D eigenvalue weighted by atomic mass is 35.5. The normalized spacial score (nSPS) is 17.6. The monoisotopic (exact) mass is 506 g/mol. The molecule has 184 valence electrons. The van der Waals surface area contributed by atoms with Crippen molar-refractivity contribution in [1.29, 1.82) is 0 Å². The zero-order chi connectivity index (χ0) is 25.1. The number of ketones is 1. The second-order valence-corrected chi connectivity index (χ2v) is 8.83. The van der Waals surface area contributed by atoms with Crippen molar-refractivity contribution in [2.75, 3.05) is 23.8 Å². The van der Waals surface area contributed by atoms with Gasteiger partial charge in [-0.2, -0.15) is 0 Å². The molecule has 0 radical (unpaired) electrons. The molecule has 0 unspecified atom stereocenters. The van der Waals surface area contributed by atoms with Gasteiger partial charge in [0.05, 0.1) is 53.2 Å². The number of halogens is 1. The quantitative estimate of drug-likeness (QED) is 0.279. The van der Waals surface area contributed by atoms with E-state index in [0.717, 1.165) is 12.8 Å². The molecule has 1 amide bonds. The number of aliphatic hydroxyl groups is 1. The smallest absolute Gasteiger partial charge is 0.255 e. The van der Waals surface area contributed by atoms with Crippen molar-refractivity contribution in [3.63, 3.8) is 0 Å². The van der Waals surface area contributed by atoms with E-state index in [2.05, 4.69) is 30.6 Å². The Bertz CT molecular complexity index is 1400. The van der Waals surface area contributed by atoms with Gasteiger partial charge in [-0.3, -0.25) is 14.6 Å². The summed E-state index contributed by atoms with van der Waals surface area (Å²) in [6.07, 6.45) is 7.49. The van der Waals surface area contributed by atoms with E-state index >= 15 is 0 Å². The van der Waals surface area contributed by atoms with Gasteiger partial charge in [0.25, 0.3) is 5.91 Å². The third-order valence-electron chi connectivity index (χ3n) is 6.02. The minimum absolute atomic E-state index is 0.00833. The molecule has 3 aromatic heterocycles. The minimum Gasteiger partial charge on any atom is -0.394 e. The molecule has 36 heavy (non-hydrogen) atoms. The third kappa shape index (κ3) is 4.92. The number of anilines is 2. The van der Waals surface area contributed by atoms with Gasteiger partial charge in [0, 0.05) is 23.5 Å². The molecule has 1 aromatic carbocycles. The van der Waals surface area contributed by atoms with E-state index in [1.807, 2.05) is 0 Å². The average Bonchev–Trinajstić information content (AvgIpc) is 3.34. The number of aliphatic hydroxyl groups excluding tert-OH is 1. The highest BCUT2D eigenvalue weighted by Gasteiger charge is 2.25. The van der Waals surface area contributed by atoms with Gasteiger partial charge in [0.2, 0.25) is 0 Å². The van der Waals surface area contributed by atoms with Crippen molar-refractivity contribution in [3.8, 4) is 0 Å². The largest absolute Gasteiger partial charge is 0.394 e. The second kappa shape index (κ2) is 10.4. The second-order valence-electron chi connectivity index (χ2n) is 8.42. The molecule has 1 aliphatic rings. The summed E-state index contributed by atoms with van der Waals surface area (Å²) < 4.78 is 5.65. The van der Waals surface area contributed by atoms with Crippen LogP contribution in [0.4, 0.5) is 11.5 Å². The number of ether oxygens (including phenoxy) is 1. The average molecular weight is 507 g/mol. The molecular weight excluding hydrogens is 484 g/mol. The fourth-order valence-electron chi connectivity index (χ4n) is 4.13. The van der Waals surface area contributed by atoms with Gasteiger partial charge in [0.15, 0.2) is 5.78 Å². The van der Waals surface area contributed by atoms with Crippen LogP contribution in [0.2, 0.25) is 5.02 Å². The van der Waals surface area contributed by atoms with Gasteiger partial charge >= 0.3 is 0 Å². The topological polar surface area (TPSA) is 142 Å². The molecule has 4 aromatic rings. The number of hydrogen-bond donors (Lipinski definition) is 4. The first-order chi connectivity index (χ1) is 17.5. The number of aromatic amines is 1. The van der Waals surface area contributed by atoms with Crippen LogP contribution in [0.25, 0.3) is 11.0 Å². The van der Waals surface area contributed by atoms with Gasteiger partial charge in [-0.05, 0) is 43.2 Å². The summed E-state index contributed by atoms with van der Waals surface area (Å²) in [6, 6.07) is 7.95. The molecule has 10 nitrogen and oxygen atoms in total. The summed E-state index contributed by atoms with van der Waals surface area (Å²) in [5, 5.41) is 16.1. The number of amides is 1. The fraction of sp³-hybridized carbons (Fsp3) is 0.240. The number of nitrogens with one attached hydrogen (secondary N) is 3. The van der Waals surface area contributed by atoms with Crippen molar-refractivity contribution >= 4 is 45.8 Å². The Morgan fingerprint density at radius 2 is 2.08 bits per heavy atom. The summed E-state index contributed by atoms with van der Waals surface area (Å²) in [6.45, 7) is 0.407. The molecule has 1 aliphatic heterocycles. The van der Waals surface area contributed by atoms with E-state index in [1.165, 1.54) is 24.7 Å². The van der Waals surface area contributed by atoms with Crippen LogP contribution in [0, 0.1) is 0 Å². The predicted molar refractivity (Wildman–Crippen MR) is 134 cm³/mol. The highest BCUT2D eigenvalue weighted by Crippen LogP contribution is 2.29. The number of pyridine rings is 1. The lowest BCUT2D eigenvalue weighted by Gasteiger charge is -2.29. The Labute approximate surface area is 211 Å². The zero-order valence-electron chi connectivity index (χ0n) is 19.1. The Hall–Kier alpha value is -3.86. The van der Waals surface area contributed by atoms with E-state index in [4.69, 9.17) is 16.3 Å². The summed E-state index contributed by atoms with van der Waals surface area (Å²) in [4.78, 5) is 41.7. The van der Waals surface area contributed by atoms with E-state index in [9.17, 15) is 14.7 Å². The van der Waals surface area contributed by atoms with Crippen molar-refractivity contribution in [2.45, 2.75) is 25.0 Å². The van der Waals surface area contributed by atoms with E-state index in [0.29, 0.717) is 40.3 Å². The molecule has 0 bridgehead atoms. The molecule has 4 heterocycles. The molecule has 2 atom stereocenters. The molecular formula is C25H23ClN6O4.